The number of piperazine rings is 1. The van der Waals surface area contributed by atoms with Crippen LogP contribution in [0.15, 0.2) is 135 Å². The summed E-state index contributed by atoms with van der Waals surface area (Å²) >= 11 is 7.64. The lowest BCUT2D eigenvalue weighted by Crippen LogP contribution is -2.46. The van der Waals surface area contributed by atoms with Crippen molar-refractivity contribution in [1.82, 2.24) is 9.47 Å². The maximum Gasteiger partial charge on any atom is 0.501 e. The summed E-state index contributed by atoms with van der Waals surface area (Å²) in [5.74, 6) is -0.275. The van der Waals surface area contributed by atoms with Crippen LogP contribution in [0.2, 0.25) is 5.02 Å². The Morgan fingerprint density at radius 3 is 2.02 bits per heavy atom. The van der Waals surface area contributed by atoms with Crippen molar-refractivity contribution < 1.29 is 66.4 Å². The molecule has 2 fully saturated rings. The molecule has 2 aliphatic rings. The lowest BCUT2D eigenvalue weighted by Gasteiger charge is -2.37. The van der Waals surface area contributed by atoms with Crippen molar-refractivity contribution >= 4 is 83.6 Å². The monoisotopic (exact) mass is 1240 g/mol. The largest absolute Gasteiger partial charge is 0.501 e. The van der Waals surface area contributed by atoms with Gasteiger partial charge in [0.15, 0.2) is 16.6 Å². The van der Waals surface area contributed by atoms with E-state index in [-0.39, 0.29) is 28.5 Å². The Bertz CT molecular complexity index is 3580. The van der Waals surface area contributed by atoms with Gasteiger partial charge in [-0.05, 0) is 136 Å². The van der Waals surface area contributed by atoms with Crippen molar-refractivity contribution in [2.45, 2.75) is 83.3 Å². The molecule has 1 atom stereocenters. The second-order valence-electron chi connectivity index (χ2n) is 20.0. The Morgan fingerprint density at radius 1 is 0.802 bits per heavy atom. The molecule has 5 aromatic carbocycles. The highest BCUT2D eigenvalue weighted by atomic mass is 35.5. The first-order valence-corrected chi connectivity index (χ1v) is 33.4. The third-order valence-electron chi connectivity index (χ3n) is 14.0. The molecule has 27 heteroatoms. The van der Waals surface area contributed by atoms with Gasteiger partial charge in [-0.15, -0.1) is 11.8 Å². The molecule has 6 aromatic rings. The van der Waals surface area contributed by atoms with E-state index in [4.69, 9.17) is 26.1 Å². The maximum absolute atomic E-state index is 15.8. The van der Waals surface area contributed by atoms with E-state index >= 15 is 4.39 Å². The number of sulfonamides is 1. The van der Waals surface area contributed by atoms with Crippen LogP contribution in [0.1, 0.15) is 44.8 Å². The number of alkyl halides is 3. The molecule has 81 heavy (non-hydrogen) atoms. The van der Waals surface area contributed by atoms with Crippen molar-refractivity contribution in [1.29, 1.82) is 0 Å². The predicted molar refractivity (Wildman–Crippen MR) is 308 cm³/mol. The molecule has 2 saturated heterocycles. The number of hydrogen-bond acceptors (Lipinski definition) is 14. The number of piperidine rings is 1. The number of halogens is 5. The van der Waals surface area contributed by atoms with Crippen LogP contribution in [-0.4, -0.2) is 127 Å². The zero-order valence-electron chi connectivity index (χ0n) is 44.5. The van der Waals surface area contributed by atoms with Gasteiger partial charge in [-0.1, -0.05) is 41.9 Å². The first-order valence-electron chi connectivity index (χ1n) is 25.7. The molecule has 0 spiro atoms. The van der Waals surface area contributed by atoms with E-state index in [0.717, 1.165) is 23.3 Å². The number of phosphoric acid groups is 1. The lowest BCUT2D eigenvalue weighted by atomic mass is 9.99. The summed E-state index contributed by atoms with van der Waals surface area (Å²) in [6, 6.07) is 28.7. The third kappa shape index (κ3) is 15.3. The third-order valence-corrected chi connectivity index (χ3v) is 20.0. The molecule has 0 saturated carbocycles. The number of nitrogens with one attached hydrogen (secondary N) is 2. The molecule has 438 valence electrons. The Hall–Kier alpha value is -5.18. The van der Waals surface area contributed by atoms with Gasteiger partial charge >= 0.3 is 13.3 Å². The Kier molecular flexibility index (Phi) is 19.4. The average molecular weight is 1240 g/mol. The van der Waals surface area contributed by atoms with Crippen LogP contribution in [0.4, 0.5) is 40.3 Å². The van der Waals surface area contributed by atoms with Gasteiger partial charge in [0, 0.05) is 108 Å². The average Bonchev–Trinajstić information content (AvgIpc) is 3.50. The molecular weight excluding hydrogens is 1180 g/mol. The predicted octanol–water partition coefficient (Wildman–Crippen LogP) is 10.8. The van der Waals surface area contributed by atoms with Gasteiger partial charge in [-0.25, -0.2) is 34.2 Å². The van der Waals surface area contributed by atoms with Crippen molar-refractivity contribution in [3.05, 3.63) is 132 Å². The van der Waals surface area contributed by atoms with E-state index < -0.39 is 77.2 Å². The molecule has 0 bridgehead atoms. The molecule has 4 N–H and O–H groups in total. The number of thioether (sulfide) groups is 1. The second-order valence-corrected chi connectivity index (χ2v) is 28.3. The topological polar surface area (TPSA) is 217 Å². The molecule has 2 aliphatic heterocycles. The fourth-order valence-electron chi connectivity index (χ4n) is 10.1. The van der Waals surface area contributed by atoms with Crippen LogP contribution in [0.25, 0.3) is 22.4 Å². The zero-order valence-corrected chi connectivity index (χ0v) is 49.4. The Labute approximate surface area is 478 Å². The number of sulfone groups is 2. The highest BCUT2D eigenvalue weighted by molar-refractivity contribution is 7.99. The van der Waals surface area contributed by atoms with Crippen LogP contribution in [-0.2, 0) is 43.5 Å². The molecular formula is C54H62ClF4N6O11PS4. The van der Waals surface area contributed by atoms with Gasteiger partial charge < -0.3 is 39.1 Å². The van der Waals surface area contributed by atoms with Gasteiger partial charge in [-0.3, -0.25) is 9.25 Å². The number of hydrogen-bond donors (Lipinski definition) is 4. The number of rotatable bonds is 22. The van der Waals surface area contributed by atoms with Crippen LogP contribution < -0.4 is 19.8 Å². The van der Waals surface area contributed by atoms with Gasteiger partial charge in [0.25, 0.3) is 19.9 Å². The van der Waals surface area contributed by atoms with Gasteiger partial charge in [0.2, 0.25) is 0 Å². The highest BCUT2D eigenvalue weighted by Gasteiger charge is 2.48. The van der Waals surface area contributed by atoms with E-state index in [1.54, 1.807) is 49.4 Å². The quantitative estimate of drug-likeness (QED) is 0.0215. The number of nitrogens with zero attached hydrogens (tertiary/aromatic N) is 4. The summed E-state index contributed by atoms with van der Waals surface area (Å²) in [5.41, 5.74) is -2.35. The fourth-order valence-corrected chi connectivity index (χ4v) is 14.8. The smallest absolute Gasteiger partial charge is 0.380 e. The van der Waals surface area contributed by atoms with Crippen molar-refractivity contribution in [2.24, 2.45) is 0 Å². The minimum absolute atomic E-state index is 0.0446. The van der Waals surface area contributed by atoms with Gasteiger partial charge in [0.1, 0.15) is 10.7 Å². The Balaban J connectivity index is 0.964. The van der Waals surface area contributed by atoms with E-state index in [9.17, 15) is 43.0 Å². The van der Waals surface area contributed by atoms with E-state index in [1.165, 1.54) is 36.0 Å². The lowest BCUT2D eigenvalue weighted by molar-refractivity contribution is -0.0677. The summed E-state index contributed by atoms with van der Waals surface area (Å²) in [7, 11) is -19.3. The SMILES string of the molecule is Cc1c(S(C)(=O)=O)c(-c2cc(F)cc(N3CCN(c4ccc(NS(=O)(=O)c5ccc(N[C@H](CCN6CCC(OCOP(=O)(O)O)CC6)CSc6ccccc6)c(S(=O)(=O)C(F)(F)F)c5)cc4)CC3)c2)c(-c2ccc(Cl)cc2)n1C(C)C. The summed E-state index contributed by atoms with van der Waals surface area (Å²) in [6.45, 7) is 8.26. The molecule has 3 heterocycles. The standard InChI is InChI=1S/C54H62ClF4N6O11PS4/c1-36(2)65-37(3)53(79(4,69)70)51(52(65)38-10-12-40(55)13-11-38)39-30-41(56)32-45(31-39)64-28-26-63(27-29-64)44-16-14-42(15-17-44)61-81(73,74)48-18-19-49(50(33-48)80(71,72)54(57,58)59)60-43(34-78-47-8-6-5-7-9-47)20-23-62-24-21-46(22-25-62)75-35-76-77(66,67)68/h5-19,30-33,36,43,46,60-61H,20-29,34-35H2,1-4H3,(H2,66,67,68)/t43-/m1/s1. The molecule has 17 nitrogen and oxygen atoms in total. The molecule has 8 rings (SSSR count). The van der Waals surface area contributed by atoms with Gasteiger partial charge in [-0.2, -0.15) is 13.2 Å². The first kappa shape index (κ1) is 61.9. The molecule has 0 unspecified atom stereocenters. The van der Waals surface area contributed by atoms with E-state index in [2.05, 4.69) is 19.5 Å². The van der Waals surface area contributed by atoms with Crippen LogP contribution in [0.3, 0.4) is 0 Å². The molecule has 0 amide bonds. The molecule has 1 aromatic heterocycles. The number of ether oxygens (including phenoxy) is 1. The first-order chi connectivity index (χ1) is 38.1. The summed E-state index contributed by atoms with van der Waals surface area (Å²) in [5, 5.41) is 3.49. The normalized spacial score (nSPS) is 15.8. The van der Waals surface area contributed by atoms with E-state index in [1.807, 2.05) is 58.5 Å². The minimum atomic E-state index is -6.11. The number of aromatic nitrogens is 1. The van der Waals surface area contributed by atoms with Crippen LogP contribution in [0.5, 0.6) is 0 Å². The fraction of sp³-hybridized carbons (Fsp3) is 0.370. The van der Waals surface area contributed by atoms with Gasteiger partial charge in [0.05, 0.1) is 27.3 Å². The number of likely N-dealkylation sites (tertiary alicyclic amines) is 1. The molecule has 0 radical (unpaired) electrons. The second kappa shape index (κ2) is 25.4. The maximum atomic E-state index is 15.8. The van der Waals surface area contributed by atoms with Crippen molar-refractivity contribution in [2.75, 3.05) is 84.5 Å². The van der Waals surface area contributed by atoms with Crippen LogP contribution in [0, 0.1) is 12.7 Å². The number of phosphoric ester groups is 1. The minimum Gasteiger partial charge on any atom is -0.380 e. The zero-order chi connectivity index (χ0) is 58.7. The Morgan fingerprint density at radius 2 is 1.43 bits per heavy atom. The van der Waals surface area contributed by atoms with Crippen LogP contribution >= 0.6 is 31.2 Å². The van der Waals surface area contributed by atoms with Crippen molar-refractivity contribution in [3.8, 4) is 22.4 Å². The summed E-state index contributed by atoms with van der Waals surface area (Å²) in [4.78, 5) is 22.9. The molecule has 0 aliphatic carbocycles. The highest BCUT2D eigenvalue weighted by Crippen LogP contribution is 2.45. The summed E-state index contributed by atoms with van der Waals surface area (Å²) < 4.78 is 165. The van der Waals surface area contributed by atoms with E-state index in [0.29, 0.717) is 116 Å². The van der Waals surface area contributed by atoms with Crippen molar-refractivity contribution in [3.63, 3.8) is 0 Å². The number of benzene rings is 5. The number of anilines is 4. The summed E-state index contributed by atoms with van der Waals surface area (Å²) in [6.07, 6.45) is 2.16.